The molecule has 0 aliphatic carbocycles. The lowest BCUT2D eigenvalue weighted by atomic mass is 9.93. The van der Waals surface area contributed by atoms with Gasteiger partial charge in [0.25, 0.3) is 0 Å². The van der Waals surface area contributed by atoms with Gasteiger partial charge in [-0.2, -0.15) is 13.2 Å². The number of anilines is 2. The molecule has 4 rings (SSSR count). The Morgan fingerprint density at radius 1 is 1.12 bits per heavy atom. The van der Waals surface area contributed by atoms with Crippen LogP contribution in [-0.4, -0.2) is 53.4 Å². The molecule has 2 aromatic rings. The third-order valence-electron chi connectivity index (χ3n) is 6.18. The minimum Gasteiger partial charge on any atom is -0.354 e. The SMILES string of the molecule is CNC(=O)N1CCCC(C(=O)N2CCc3c(cccc3Nc3ccc(C(F)(F)F)nc3)C2)C1. The van der Waals surface area contributed by atoms with Crippen molar-refractivity contribution in [2.24, 2.45) is 5.92 Å². The summed E-state index contributed by atoms with van der Waals surface area (Å²) in [4.78, 5) is 32.1. The van der Waals surface area contributed by atoms with Crippen LogP contribution >= 0.6 is 0 Å². The number of nitrogens with zero attached hydrogens (tertiary/aromatic N) is 3. The lowest BCUT2D eigenvalue weighted by molar-refractivity contribution is -0.141. The van der Waals surface area contributed by atoms with Gasteiger partial charge in [-0.25, -0.2) is 9.78 Å². The first kappa shape index (κ1) is 22.9. The smallest absolute Gasteiger partial charge is 0.354 e. The van der Waals surface area contributed by atoms with E-state index >= 15 is 0 Å². The molecule has 1 aromatic carbocycles. The maximum Gasteiger partial charge on any atom is 0.433 e. The summed E-state index contributed by atoms with van der Waals surface area (Å²) in [7, 11) is 1.59. The Morgan fingerprint density at radius 2 is 1.94 bits per heavy atom. The highest BCUT2D eigenvalue weighted by molar-refractivity contribution is 5.81. The lowest BCUT2D eigenvalue weighted by Crippen LogP contribution is -2.49. The topological polar surface area (TPSA) is 77.6 Å². The molecule has 3 amide bonds. The number of amides is 3. The maximum atomic E-state index is 13.2. The highest BCUT2D eigenvalue weighted by atomic mass is 19.4. The van der Waals surface area contributed by atoms with Crippen LogP contribution in [0.1, 0.15) is 29.7 Å². The van der Waals surface area contributed by atoms with E-state index in [1.165, 1.54) is 12.3 Å². The quantitative estimate of drug-likeness (QED) is 0.730. The first-order chi connectivity index (χ1) is 15.8. The van der Waals surface area contributed by atoms with Crippen LogP contribution < -0.4 is 10.6 Å². The van der Waals surface area contributed by atoms with Crippen LogP contribution in [-0.2, 0) is 23.9 Å². The third kappa shape index (κ3) is 5.04. The lowest BCUT2D eigenvalue weighted by Gasteiger charge is -2.37. The molecule has 0 spiro atoms. The molecule has 176 valence electrons. The van der Waals surface area contributed by atoms with E-state index in [0.717, 1.165) is 35.7 Å². The molecule has 3 heterocycles. The summed E-state index contributed by atoms with van der Waals surface area (Å²) in [6.45, 7) is 2.09. The first-order valence-electron chi connectivity index (χ1n) is 10.9. The number of hydrogen-bond acceptors (Lipinski definition) is 4. The minimum atomic E-state index is -4.48. The van der Waals surface area contributed by atoms with E-state index in [9.17, 15) is 22.8 Å². The third-order valence-corrected chi connectivity index (χ3v) is 6.18. The number of pyridine rings is 1. The van der Waals surface area contributed by atoms with Crippen LogP contribution in [0.3, 0.4) is 0 Å². The average molecular weight is 461 g/mol. The second kappa shape index (κ2) is 9.29. The van der Waals surface area contributed by atoms with Crippen LogP contribution in [0.5, 0.6) is 0 Å². The molecule has 10 heteroatoms. The van der Waals surface area contributed by atoms with E-state index in [-0.39, 0.29) is 17.9 Å². The van der Waals surface area contributed by atoms with Gasteiger partial charge in [0.1, 0.15) is 5.69 Å². The van der Waals surface area contributed by atoms with Crippen LogP contribution in [0.2, 0.25) is 0 Å². The van der Waals surface area contributed by atoms with E-state index < -0.39 is 11.9 Å². The Balaban J connectivity index is 1.44. The Kier molecular flexibility index (Phi) is 6.44. The summed E-state index contributed by atoms with van der Waals surface area (Å²) < 4.78 is 38.2. The zero-order chi connectivity index (χ0) is 23.6. The number of fused-ring (bicyclic) bond motifs is 1. The summed E-state index contributed by atoms with van der Waals surface area (Å²) in [6.07, 6.45) is -1.12. The van der Waals surface area contributed by atoms with Crippen molar-refractivity contribution in [3.63, 3.8) is 0 Å². The Bertz CT molecular complexity index is 1030. The number of nitrogens with one attached hydrogen (secondary N) is 2. The van der Waals surface area contributed by atoms with E-state index in [1.54, 1.807) is 11.9 Å². The summed E-state index contributed by atoms with van der Waals surface area (Å²) in [5, 5.41) is 5.78. The molecule has 2 aliphatic rings. The van der Waals surface area contributed by atoms with E-state index in [1.807, 2.05) is 23.1 Å². The van der Waals surface area contributed by atoms with Crippen molar-refractivity contribution < 1.29 is 22.8 Å². The van der Waals surface area contributed by atoms with Crippen LogP contribution in [0.4, 0.5) is 29.3 Å². The predicted molar refractivity (Wildman–Crippen MR) is 117 cm³/mol. The normalized spacial score (nSPS) is 18.5. The number of halogens is 3. The number of rotatable bonds is 3. The zero-order valence-corrected chi connectivity index (χ0v) is 18.3. The highest BCUT2D eigenvalue weighted by Crippen LogP contribution is 2.32. The second-order valence-electron chi connectivity index (χ2n) is 8.35. The van der Waals surface area contributed by atoms with Gasteiger partial charge >= 0.3 is 12.2 Å². The Labute approximate surface area is 190 Å². The monoisotopic (exact) mass is 461 g/mol. The standard InChI is InChI=1S/C23H26F3N5O2/c1-27-22(33)31-10-3-5-16(14-31)21(32)30-11-9-18-15(13-30)4-2-6-19(18)29-17-7-8-20(28-12-17)23(24,25)26/h2,4,6-8,12,16,29H,3,5,9-11,13-14H2,1H3,(H,27,33). The van der Waals surface area contributed by atoms with Gasteiger partial charge in [-0.3, -0.25) is 4.79 Å². The Hall–Kier alpha value is -3.30. The summed E-state index contributed by atoms with van der Waals surface area (Å²) >= 11 is 0. The van der Waals surface area contributed by atoms with Gasteiger partial charge in [0, 0.05) is 38.9 Å². The molecule has 1 saturated heterocycles. The number of benzene rings is 1. The maximum absolute atomic E-state index is 13.2. The van der Waals surface area contributed by atoms with Crippen molar-refractivity contribution in [1.29, 1.82) is 0 Å². The van der Waals surface area contributed by atoms with Gasteiger partial charge < -0.3 is 20.4 Å². The van der Waals surface area contributed by atoms with Gasteiger partial charge in [-0.1, -0.05) is 12.1 Å². The number of likely N-dealkylation sites (tertiary alicyclic amines) is 1. The van der Waals surface area contributed by atoms with Gasteiger partial charge in [0.05, 0.1) is 17.8 Å². The van der Waals surface area contributed by atoms with Gasteiger partial charge in [-0.05, 0) is 48.6 Å². The molecular formula is C23H26F3N5O2. The molecule has 7 nitrogen and oxygen atoms in total. The molecule has 0 radical (unpaired) electrons. The Morgan fingerprint density at radius 3 is 2.64 bits per heavy atom. The van der Waals surface area contributed by atoms with Crippen LogP contribution in [0, 0.1) is 5.92 Å². The van der Waals surface area contributed by atoms with Crippen LogP contribution in [0.15, 0.2) is 36.5 Å². The number of urea groups is 1. The van der Waals surface area contributed by atoms with Crippen molar-refractivity contribution in [3.05, 3.63) is 53.3 Å². The van der Waals surface area contributed by atoms with Crippen molar-refractivity contribution >= 4 is 23.3 Å². The van der Waals surface area contributed by atoms with Gasteiger partial charge in [0.15, 0.2) is 0 Å². The summed E-state index contributed by atoms with van der Waals surface area (Å²) in [6, 6.07) is 7.84. The molecule has 1 fully saturated rings. The number of hydrogen-bond donors (Lipinski definition) is 2. The fourth-order valence-electron chi connectivity index (χ4n) is 4.49. The molecular weight excluding hydrogens is 435 g/mol. The number of carbonyl (C=O) groups excluding carboxylic acids is 2. The molecule has 0 bridgehead atoms. The second-order valence-corrected chi connectivity index (χ2v) is 8.35. The molecule has 1 unspecified atom stereocenters. The van der Waals surface area contributed by atoms with E-state index in [2.05, 4.69) is 15.6 Å². The molecule has 2 aliphatic heterocycles. The highest BCUT2D eigenvalue weighted by Gasteiger charge is 2.33. The van der Waals surface area contributed by atoms with E-state index in [4.69, 9.17) is 0 Å². The molecule has 1 aromatic heterocycles. The number of carbonyl (C=O) groups is 2. The molecule has 2 N–H and O–H groups in total. The average Bonchev–Trinajstić information content (AvgIpc) is 2.82. The van der Waals surface area contributed by atoms with E-state index in [0.29, 0.717) is 38.3 Å². The molecule has 1 atom stereocenters. The first-order valence-corrected chi connectivity index (χ1v) is 10.9. The summed E-state index contributed by atoms with van der Waals surface area (Å²) in [5.74, 6) is -0.156. The predicted octanol–water partition coefficient (Wildman–Crippen LogP) is 3.78. The summed E-state index contributed by atoms with van der Waals surface area (Å²) in [5.41, 5.74) is 2.36. The van der Waals surface area contributed by atoms with Gasteiger partial charge in [0.2, 0.25) is 5.91 Å². The van der Waals surface area contributed by atoms with Crippen molar-refractivity contribution in [3.8, 4) is 0 Å². The number of piperidine rings is 1. The fourth-order valence-corrected chi connectivity index (χ4v) is 4.49. The molecule has 33 heavy (non-hydrogen) atoms. The van der Waals surface area contributed by atoms with Crippen molar-refractivity contribution in [2.45, 2.75) is 32.0 Å². The fraction of sp³-hybridized carbons (Fsp3) is 0.435. The van der Waals surface area contributed by atoms with Gasteiger partial charge in [-0.15, -0.1) is 0 Å². The van der Waals surface area contributed by atoms with Crippen molar-refractivity contribution in [2.75, 3.05) is 32.0 Å². The number of aromatic nitrogens is 1. The number of alkyl halides is 3. The minimum absolute atomic E-state index is 0.0551. The van der Waals surface area contributed by atoms with Crippen LogP contribution in [0.25, 0.3) is 0 Å². The van der Waals surface area contributed by atoms with Crippen molar-refractivity contribution in [1.82, 2.24) is 20.1 Å². The molecule has 0 saturated carbocycles. The largest absolute Gasteiger partial charge is 0.433 e. The zero-order valence-electron chi connectivity index (χ0n) is 18.3.